The van der Waals surface area contributed by atoms with E-state index in [1.165, 1.54) is 4.90 Å². The summed E-state index contributed by atoms with van der Waals surface area (Å²) in [6.07, 6.45) is 3.36. The second kappa shape index (κ2) is 4.77. The first-order chi connectivity index (χ1) is 9.58. The fourth-order valence-electron chi connectivity index (χ4n) is 3.00. The summed E-state index contributed by atoms with van der Waals surface area (Å²) in [4.78, 5) is 39.5. The Morgan fingerprint density at radius 1 is 1.40 bits per heavy atom. The third-order valence-electron chi connectivity index (χ3n) is 4.06. The molecule has 2 aliphatic heterocycles. The van der Waals surface area contributed by atoms with E-state index in [1.54, 1.807) is 34.8 Å². The van der Waals surface area contributed by atoms with Crippen LogP contribution in [0.3, 0.4) is 0 Å². The number of piperazine rings is 1. The quantitative estimate of drug-likeness (QED) is 0.732. The number of hydrogen-bond acceptors (Lipinski definition) is 3. The maximum Gasteiger partial charge on any atom is 0.246 e. The van der Waals surface area contributed by atoms with Crippen molar-refractivity contribution in [3.8, 4) is 0 Å². The molecular formula is C14H17N3O3. The van der Waals surface area contributed by atoms with Crippen molar-refractivity contribution in [3.63, 3.8) is 0 Å². The normalized spacial score (nSPS) is 22.4. The lowest BCUT2D eigenvalue weighted by Crippen LogP contribution is -2.58. The fourth-order valence-corrected chi connectivity index (χ4v) is 3.00. The molecule has 6 nitrogen and oxygen atoms in total. The summed E-state index contributed by atoms with van der Waals surface area (Å²) in [5, 5.41) is 0. The zero-order valence-corrected chi connectivity index (χ0v) is 11.4. The number of aryl methyl sites for hydroxylation is 1. The van der Waals surface area contributed by atoms with Crippen molar-refractivity contribution in [1.29, 1.82) is 0 Å². The highest BCUT2D eigenvalue weighted by molar-refractivity contribution is 6.01. The summed E-state index contributed by atoms with van der Waals surface area (Å²) in [6, 6.07) is 3.16. The maximum atomic E-state index is 12.3. The van der Waals surface area contributed by atoms with Gasteiger partial charge >= 0.3 is 0 Å². The van der Waals surface area contributed by atoms with E-state index in [1.807, 2.05) is 0 Å². The van der Waals surface area contributed by atoms with Crippen molar-refractivity contribution >= 4 is 17.6 Å². The Balaban J connectivity index is 1.74. The van der Waals surface area contributed by atoms with Gasteiger partial charge < -0.3 is 14.4 Å². The molecule has 20 heavy (non-hydrogen) atoms. The van der Waals surface area contributed by atoms with Crippen LogP contribution in [0.2, 0.25) is 0 Å². The Kier molecular flexibility index (Phi) is 3.08. The Morgan fingerprint density at radius 3 is 2.90 bits per heavy atom. The molecule has 2 aliphatic rings. The van der Waals surface area contributed by atoms with Crippen LogP contribution in [0.1, 0.15) is 23.3 Å². The molecule has 1 unspecified atom stereocenters. The molecule has 1 atom stereocenters. The summed E-state index contributed by atoms with van der Waals surface area (Å²) < 4.78 is 1.72. The van der Waals surface area contributed by atoms with Gasteiger partial charge in [-0.3, -0.25) is 14.4 Å². The first-order valence-electron chi connectivity index (χ1n) is 6.80. The second-order valence-corrected chi connectivity index (χ2v) is 5.37. The summed E-state index contributed by atoms with van der Waals surface area (Å²) in [5.74, 6) is -0.276. The number of aromatic nitrogens is 1. The molecule has 3 rings (SSSR count). The molecule has 3 heterocycles. The van der Waals surface area contributed by atoms with Crippen molar-refractivity contribution in [2.45, 2.75) is 18.9 Å². The van der Waals surface area contributed by atoms with Gasteiger partial charge in [0.2, 0.25) is 11.8 Å². The Labute approximate surface area is 116 Å². The maximum absolute atomic E-state index is 12.3. The molecule has 6 heteroatoms. The number of Topliss-reactive ketones (excluding diaryl/α,β-unsaturated/α-hetero) is 1. The number of carbonyl (C=O) groups excluding carboxylic acids is 3. The minimum Gasteiger partial charge on any atom is -0.348 e. The van der Waals surface area contributed by atoms with Crippen molar-refractivity contribution in [2.24, 2.45) is 7.05 Å². The summed E-state index contributed by atoms with van der Waals surface area (Å²) in [5.41, 5.74) is 0.555. The number of amides is 2. The Bertz CT molecular complexity index is 578. The smallest absolute Gasteiger partial charge is 0.246 e. The molecule has 0 bridgehead atoms. The first-order valence-corrected chi connectivity index (χ1v) is 6.80. The van der Waals surface area contributed by atoms with Gasteiger partial charge in [0.05, 0.1) is 12.2 Å². The van der Waals surface area contributed by atoms with Gasteiger partial charge in [0.25, 0.3) is 0 Å². The van der Waals surface area contributed by atoms with Gasteiger partial charge in [-0.25, -0.2) is 0 Å². The van der Waals surface area contributed by atoms with Crippen molar-refractivity contribution in [2.75, 3.05) is 19.6 Å². The molecule has 0 N–H and O–H groups in total. The number of fused-ring (bicyclic) bond motifs is 1. The van der Waals surface area contributed by atoms with E-state index in [9.17, 15) is 14.4 Å². The highest BCUT2D eigenvalue weighted by atomic mass is 16.2. The minimum absolute atomic E-state index is 0.0193. The van der Waals surface area contributed by atoms with Crippen molar-refractivity contribution in [3.05, 3.63) is 24.0 Å². The third-order valence-corrected chi connectivity index (χ3v) is 4.06. The van der Waals surface area contributed by atoms with E-state index in [0.717, 1.165) is 6.42 Å². The summed E-state index contributed by atoms with van der Waals surface area (Å²) >= 11 is 0. The van der Waals surface area contributed by atoms with E-state index in [-0.39, 0.29) is 36.7 Å². The van der Waals surface area contributed by atoms with Crippen LogP contribution in [-0.2, 0) is 16.6 Å². The van der Waals surface area contributed by atoms with Crippen molar-refractivity contribution in [1.82, 2.24) is 14.4 Å². The van der Waals surface area contributed by atoms with Gasteiger partial charge in [-0.15, -0.1) is 0 Å². The zero-order chi connectivity index (χ0) is 14.3. The summed E-state index contributed by atoms with van der Waals surface area (Å²) in [6.45, 7) is 0.660. The van der Waals surface area contributed by atoms with Gasteiger partial charge in [0.1, 0.15) is 12.6 Å². The monoisotopic (exact) mass is 275 g/mol. The Morgan fingerprint density at radius 2 is 2.20 bits per heavy atom. The topological polar surface area (TPSA) is 62.6 Å². The van der Waals surface area contributed by atoms with E-state index in [2.05, 4.69) is 0 Å². The van der Waals surface area contributed by atoms with Gasteiger partial charge in [-0.05, 0) is 25.0 Å². The van der Waals surface area contributed by atoms with Crippen LogP contribution in [0.15, 0.2) is 18.3 Å². The van der Waals surface area contributed by atoms with Crippen LogP contribution in [0.25, 0.3) is 0 Å². The van der Waals surface area contributed by atoms with Crippen LogP contribution in [0.4, 0.5) is 0 Å². The van der Waals surface area contributed by atoms with Crippen LogP contribution >= 0.6 is 0 Å². The van der Waals surface area contributed by atoms with Gasteiger partial charge in [0, 0.05) is 19.8 Å². The molecular weight excluding hydrogens is 258 g/mol. The van der Waals surface area contributed by atoms with Crippen LogP contribution in [0, 0.1) is 0 Å². The van der Waals surface area contributed by atoms with Gasteiger partial charge in [-0.2, -0.15) is 0 Å². The molecule has 0 radical (unpaired) electrons. The highest BCUT2D eigenvalue weighted by Gasteiger charge is 2.42. The number of rotatable bonds is 3. The second-order valence-electron chi connectivity index (χ2n) is 5.37. The predicted molar refractivity (Wildman–Crippen MR) is 71.1 cm³/mol. The summed E-state index contributed by atoms with van der Waals surface area (Å²) in [7, 11) is 1.79. The SMILES string of the molecule is Cn1cccc1C(=O)CN1CC(=O)N2CCCC2C1=O. The number of ketones is 1. The number of hydrogen-bond donors (Lipinski definition) is 0. The average Bonchev–Trinajstić information content (AvgIpc) is 3.04. The lowest BCUT2D eigenvalue weighted by atomic mass is 10.1. The molecule has 2 amide bonds. The van der Waals surface area contributed by atoms with Crippen molar-refractivity contribution < 1.29 is 14.4 Å². The number of nitrogens with zero attached hydrogens (tertiary/aromatic N) is 3. The fraction of sp³-hybridized carbons (Fsp3) is 0.500. The molecule has 1 aromatic rings. The minimum atomic E-state index is -0.350. The largest absolute Gasteiger partial charge is 0.348 e. The van der Waals surface area contributed by atoms with E-state index in [4.69, 9.17) is 0 Å². The molecule has 0 aliphatic carbocycles. The zero-order valence-electron chi connectivity index (χ0n) is 11.4. The van der Waals surface area contributed by atoms with Gasteiger partial charge in [-0.1, -0.05) is 0 Å². The molecule has 1 aromatic heterocycles. The number of carbonyl (C=O) groups is 3. The molecule has 0 aromatic carbocycles. The predicted octanol–water partition coefficient (Wildman–Crippen LogP) is 0.0410. The third kappa shape index (κ3) is 2.01. The lowest BCUT2D eigenvalue weighted by Gasteiger charge is -2.35. The molecule has 106 valence electrons. The highest BCUT2D eigenvalue weighted by Crippen LogP contribution is 2.23. The average molecular weight is 275 g/mol. The first kappa shape index (κ1) is 12.9. The van der Waals surface area contributed by atoms with Crippen LogP contribution in [0.5, 0.6) is 0 Å². The molecule has 2 fully saturated rings. The standard InChI is InChI=1S/C14H17N3O3/c1-15-6-2-4-10(15)12(18)8-16-9-13(19)17-7-3-5-11(17)14(16)20/h2,4,6,11H,3,5,7-9H2,1H3. The van der Waals surface area contributed by atoms with Gasteiger partial charge in [0.15, 0.2) is 5.78 Å². The van der Waals surface area contributed by atoms with Crippen LogP contribution in [-0.4, -0.2) is 57.6 Å². The lowest BCUT2D eigenvalue weighted by molar-refractivity contribution is -0.152. The molecule has 0 saturated carbocycles. The van der Waals surface area contributed by atoms with E-state index < -0.39 is 0 Å². The molecule has 0 spiro atoms. The van der Waals surface area contributed by atoms with E-state index >= 15 is 0 Å². The van der Waals surface area contributed by atoms with Crippen LogP contribution < -0.4 is 0 Å². The van der Waals surface area contributed by atoms with E-state index in [0.29, 0.717) is 18.7 Å². The molecule has 2 saturated heterocycles. The Hall–Kier alpha value is -2.11.